The second-order valence-electron chi connectivity index (χ2n) is 14.9. The molecule has 0 saturated heterocycles. The van der Waals surface area contributed by atoms with E-state index < -0.39 is 29.0 Å². The molecule has 0 aliphatic heterocycles. The van der Waals surface area contributed by atoms with E-state index in [-0.39, 0.29) is 39.4 Å². The minimum Gasteiger partial charge on any atom is -0.481 e. The summed E-state index contributed by atoms with van der Waals surface area (Å²) >= 11 is 0. The quantitative estimate of drug-likeness (QED) is 0.360. The number of hydrogen-bond donors (Lipinski definition) is 3. The first-order valence-corrected chi connectivity index (χ1v) is 13.9. The highest BCUT2D eigenvalue weighted by Crippen LogP contribution is 2.75. The van der Waals surface area contributed by atoms with E-state index in [4.69, 9.17) is 0 Å². The second-order valence-corrected chi connectivity index (χ2v) is 14.9. The lowest BCUT2D eigenvalue weighted by atomic mass is 9.33. The van der Waals surface area contributed by atoms with Gasteiger partial charge in [0, 0.05) is 0 Å². The number of carboxylic acids is 1. The molecule has 0 radical (unpaired) electrons. The van der Waals surface area contributed by atoms with Crippen LogP contribution in [0.25, 0.3) is 0 Å². The van der Waals surface area contributed by atoms with E-state index in [1.807, 2.05) is 6.92 Å². The van der Waals surface area contributed by atoms with Crippen LogP contribution in [0.15, 0.2) is 11.6 Å². The third-order valence-corrected chi connectivity index (χ3v) is 13.0. The van der Waals surface area contributed by atoms with E-state index in [9.17, 15) is 24.9 Å². The molecule has 0 heterocycles. The van der Waals surface area contributed by atoms with E-state index >= 15 is 0 Å². The van der Waals surface area contributed by atoms with Gasteiger partial charge in [-0.25, -0.2) is 0 Å². The number of aliphatic hydroxyl groups is 2. The van der Waals surface area contributed by atoms with Gasteiger partial charge in [-0.1, -0.05) is 53.2 Å². The van der Waals surface area contributed by atoms with Crippen molar-refractivity contribution in [3.05, 3.63) is 11.6 Å². The molecule has 0 aromatic rings. The van der Waals surface area contributed by atoms with Crippen molar-refractivity contribution in [3.8, 4) is 0 Å². The summed E-state index contributed by atoms with van der Waals surface area (Å²) in [7, 11) is 0. The lowest BCUT2D eigenvalue weighted by Crippen LogP contribution is -2.67. The van der Waals surface area contributed by atoms with Crippen molar-refractivity contribution in [2.45, 2.75) is 112 Å². The highest BCUT2D eigenvalue weighted by molar-refractivity contribution is 5.76. The molecule has 5 rings (SSSR count). The lowest BCUT2D eigenvalue weighted by molar-refractivity contribution is -0.228. The number of allylic oxidation sites excluding steroid dienone is 2. The SMILES string of the molecule is CC1(C)CC[C@]2(C(=O)O)CC[C@]3(C)C(=CC[C@@H]4[C@@]5(C)C[C@H](O)[C@H](O)[C@@](C)(C=O)[C@@H]5CC[C@]43C)[C@@H]2C1. The molecular weight excluding hydrogens is 440 g/mol. The fraction of sp³-hybridized carbons (Fsp3) is 0.867. The van der Waals surface area contributed by atoms with Gasteiger partial charge in [-0.05, 0) is 97.2 Å². The Morgan fingerprint density at radius 3 is 2.23 bits per heavy atom. The van der Waals surface area contributed by atoms with E-state index in [2.05, 4.69) is 40.7 Å². The number of carbonyl (C=O) groups excluding carboxylic acids is 1. The maximum absolute atomic E-state index is 12.8. The van der Waals surface area contributed by atoms with Crippen molar-refractivity contribution in [1.29, 1.82) is 0 Å². The van der Waals surface area contributed by atoms with Gasteiger partial charge in [-0.3, -0.25) is 4.79 Å². The summed E-state index contributed by atoms with van der Waals surface area (Å²) in [6.45, 7) is 13.5. The predicted octanol–water partition coefficient (Wildman–Crippen LogP) is 5.38. The Labute approximate surface area is 210 Å². The minimum absolute atomic E-state index is 0.0258. The van der Waals surface area contributed by atoms with Gasteiger partial charge in [0.05, 0.1) is 23.0 Å². The molecule has 5 aliphatic carbocycles. The summed E-state index contributed by atoms with van der Waals surface area (Å²) in [5.41, 5.74) is -0.475. The third kappa shape index (κ3) is 3.00. The summed E-state index contributed by atoms with van der Waals surface area (Å²) in [6, 6.07) is 0. The summed E-state index contributed by atoms with van der Waals surface area (Å²) in [6.07, 6.45) is 8.82. The van der Waals surface area contributed by atoms with Crippen LogP contribution in [0.4, 0.5) is 0 Å². The number of carbonyl (C=O) groups is 2. The topological polar surface area (TPSA) is 94.8 Å². The van der Waals surface area contributed by atoms with Crippen LogP contribution < -0.4 is 0 Å². The Kier molecular flexibility index (Phi) is 5.40. The number of hydrogen-bond acceptors (Lipinski definition) is 4. The van der Waals surface area contributed by atoms with Crippen LogP contribution in [0, 0.1) is 50.2 Å². The van der Waals surface area contributed by atoms with E-state index in [0.29, 0.717) is 6.42 Å². The number of aldehydes is 1. The first-order valence-electron chi connectivity index (χ1n) is 13.9. The third-order valence-electron chi connectivity index (χ3n) is 13.0. The monoisotopic (exact) mass is 486 g/mol. The van der Waals surface area contributed by atoms with Crippen LogP contribution >= 0.6 is 0 Å². The molecule has 5 nitrogen and oxygen atoms in total. The van der Waals surface area contributed by atoms with E-state index in [1.165, 1.54) is 5.57 Å². The first kappa shape index (κ1) is 25.4. The summed E-state index contributed by atoms with van der Waals surface area (Å²) < 4.78 is 0. The van der Waals surface area contributed by atoms with E-state index in [1.54, 1.807) is 0 Å². The molecule has 10 atom stereocenters. The zero-order valence-electron chi connectivity index (χ0n) is 22.6. The van der Waals surface area contributed by atoms with Crippen LogP contribution in [0.1, 0.15) is 99.3 Å². The molecule has 0 unspecified atom stereocenters. The number of carboxylic acid groups (broad SMARTS) is 1. The Hall–Kier alpha value is -1.20. The van der Waals surface area contributed by atoms with Gasteiger partial charge >= 0.3 is 5.97 Å². The van der Waals surface area contributed by atoms with Crippen LogP contribution in [-0.2, 0) is 9.59 Å². The molecule has 0 aromatic carbocycles. The molecule has 4 saturated carbocycles. The Bertz CT molecular complexity index is 970. The molecule has 0 bridgehead atoms. The maximum atomic E-state index is 12.8. The normalized spacial score (nSPS) is 54.9. The smallest absolute Gasteiger partial charge is 0.310 e. The van der Waals surface area contributed by atoms with Gasteiger partial charge in [0.1, 0.15) is 6.29 Å². The number of aliphatic hydroxyl groups excluding tert-OH is 2. The average Bonchev–Trinajstić information content (AvgIpc) is 2.77. The molecule has 5 heteroatoms. The maximum Gasteiger partial charge on any atom is 0.310 e. The fourth-order valence-corrected chi connectivity index (χ4v) is 10.6. The molecule has 3 N–H and O–H groups in total. The van der Waals surface area contributed by atoms with Gasteiger partial charge in [0.25, 0.3) is 0 Å². The molecule has 0 aromatic heterocycles. The van der Waals surface area contributed by atoms with Crippen LogP contribution in [0.2, 0.25) is 0 Å². The standard InChI is InChI=1S/C30H46O5/c1-25(2)11-13-30(24(34)35)14-12-28(5)18(19(30)15-25)7-8-22-26(3)16-20(32)23(33)27(4,17-31)21(26)9-10-29(22,28)6/h7,17,19-23,32-33H,8-16H2,1-6H3,(H,34,35)/t19-,20-,21+,22+,23-,26-,27-,28+,29+,30-/m0/s1. The van der Waals surface area contributed by atoms with Gasteiger partial charge in [-0.15, -0.1) is 0 Å². The zero-order valence-corrected chi connectivity index (χ0v) is 22.6. The highest BCUT2D eigenvalue weighted by atomic mass is 16.4. The van der Waals surface area contributed by atoms with Gasteiger partial charge in [0.2, 0.25) is 0 Å². The van der Waals surface area contributed by atoms with Gasteiger partial charge in [0.15, 0.2) is 0 Å². The molecule has 4 fully saturated rings. The molecule has 0 spiro atoms. The Morgan fingerprint density at radius 2 is 1.60 bits per heavy atom. The predicted molar refractivity (Wildman–Crippen MR) is 134 cm³/mol. The van der Waals surface area contributed by atoms with Crippen molar-refractivity contribution >= 4 is 12.3 Å². The fourth-order valence-electron chi connectivity index (χ4n) is 10.6. The number of rotatable bonds is 2. The van der Waals surface area contributed by atoms with Crippen molar-refractivity contribution in [2.24, 2.45) is 50.2 Å². The van der Waals surface area contributed by atoms with Crippen molar-refractivity contribution in [2.75, 3.05) is 0 Å². The highest BCUT2D eigenvalue weighted by Gasteiger charge is 2.70. The summed E-state index contributed by atoms with van der Waals surface area (Å²) in [5.74, 6) is -0.240. The van der Waals surface area contributed by atoms with Crippen LogP contribution in [-0.4, -0.2) is 39.8 Å². The molecule has 0 amide bonds. The molecular formula is C30H46O5. The van der Waals surface area contributed by atoms with Crippen molar-refractivity contribution < 1.29 is 24.9 Å². The minimum atomic E-state index is -1.02. The van der Waals surface area contributed by atoms with Gasteiger partial charge < -0.3 is 20.1 Å². The van der Waals surface area contributed by atoms with Crippen molar-refractivity contribution in [1.82, 2.24) is 0 Å². The zero-order chi connectivity index (χ0) is 25.8. The number of aliphatic carboxylic acids is 1. The molecule has 35 heavy (non-hydrogen) atoms. The largest absolute Gasteiger partial charge is 0.481 e. The first-order chi connectivity index (χ1) is 16.1. The summed E-state index contributed by atoms with van der Waals surface area (Å²) in [4.78, 5) is 25.1. The van der Waals surface area contributed by atoms with Crippen LogP contribution in [0.3, 0.4) is 0 Å². The average molecular weight is 487 g/mol. The molecule has 5 aliphatic rings. The number of fused-ring (bicyclic) bond motifs is 7. The summed E-state index contributed by atoms with van der Waals surface area (Å²) in [5, 5.41) is 32.3. The molecule has 196 valence electrons. The van der Waals surface area contributed by atoms with Crippen LogP contribution in [0.5, 0.6) is 0 Å². The van der Waals surface area contributed by atoms with Gasteiger partial charge in [-0.2, -0.15) is 0 Å². The lowest BCUT2D eigenvalue weighted by Gasteiger charge is -2.71. The Balaban J connectivity index is 1.61. The second kappa shape index (κ2) is 7.43. The van der Waals surface area contributed by atoms with Crippen molar-refractivity contribution in [3.63, 3.8) is 0 Å². The Morgan fingerprint density at radius 1 is 0.943 bits per heavy atom. The van der Waals surface area contributed by atoms with E-state index in [0.717, 1.165) is 57.7 Å².